The van der Waals surface area contributed by atoms with Gasteiger partial charge in [-0.05, 0) is 19.9 Å². The topological polar surface area (TPSA) is 55.0 Å². The number of nitrogens with zero attached hydrogens (tertiary/aromatic N) is 1. The fourth-order valence-corrected chi connectivity index (χ4v) is 4.43. The fraction of sp³-hybridized carbons (Fsp3) is 1.00. The summed E-state index contributed by atoms with van der Waals surface area (Å²) >= 11 is 0. The Bertz CT molecular complexity index is 237. The summed E-state index contributed by atoms with van der Waals surface area (Å²) in [6.07, 6.45) is 1.02. The van der Waals surface area contributed by atoms with Crippen molar-refractivity contribution in [2.75, 3.05) is 66.6 Å². The van der Waals surface area contributed by atoms with Crippen LogP contribution >= 0.6 is 0 Å². The highest BCUT2D eigenvalue weighted by atomic mass is 28.4. The highest BCUT2D eigenvalue weighted by Crippen LogP contribution is 2.15. The molecular weight excluding hydrogens is 274 g/mol. The number of hydrogen-bond acceptors (Lipinski definition) is 6. The van der Waals surface area contributed by atoms with Crippen molar-refractivity contribution in [2.45, 2.75) is 19.4 Å². The minimum atomic E-state index is -2.39. The average molecular weight is 305 g/mol. The number of hydrogen-bond donors (Lipinski definition) is 2. The smallest absolute Gasteiger partial charge is 0.377 e. The lowest BCUT2D eigenvalue weighted by atomic mass is 10.3. The zero-order valence-electron chi connectivity index (χ0n) is 13.2. The zero-order chi connectivity index (χ0) is 14.7. The van der Waals surface area contributed by atoms with Crippen LogP contribution in [0.1, 0.15) is 13.3 Å². The van der Waals surface area contributed by atoms with Crippen LogP contribution in [0.5, 0.6) is 0 Å². The molecule has 1 rings (SSSR count). The van der Waals surface area contributed by atoms with E-state index in [9.17, 15) is 0 Å². The van der Waals surface area contributed by atoms with E-state index in [-0.39, 0.29) is 0 Å². The number of piperazine rings is 1. The normalized spacial score (nSPS) is 17.6. The molecule has 120 valence electrons. The van der Waals surface area contributed by atoms with Crippen molar-refractivity contribution in [2.24, 2.45) is 0 Å². The van der Waals surface area contributed by atoms with Crippen LogP contribution in [0.25, 0.3) is 0 Å². The van der Waals surface area contributed by atoms with Gasteiger partial charge in [-0.25, -0.2) is 0 Å². The van der Waals surface area contributed by atoms with Crippen molar-refractivity contribution in [1.29, 1.82) is 0 Å². The summed E-state index contributed by atoms with van der Waals surface area (Å²) < 4.78 is 16.6. The van der Waals surface area contributed by atoms with Crippen molar-refractivity contribution in [1.82, 2.24) is 15.5 Å². The van der Waals surface area contributed by atoms with Gasteiger partial charge in [-0.15, -0.1) is 0 Å². The molecule has 0 aromatic heterocycles. The van der Waals surface area contributed by atoms with Crippen LogP contribution in [0.15, 0.2) is 0 Å². The minimum absolute atomic E-state index is 0.643. The minimum Gasteiger partial charge on any atom is -0.377 e. The fourth-order valence-electron chi connectivity index (χ4n) is 2.42. The highest BCUT2D eigenvalue weighted by molar-refractivity contribution is 6.60. The molecule has 1 fully saturated rings. The molecule has 0 radical (unpaired) electrons. The summed E-state index contributed by atoms with van der Waals surface area (Å²) in [5.74, 6) is 0. The van der Waals surface area contributed by atoms with Gasteiger partial charge >= 0.3 is 8.80 Å². The molecule has 7 heteroatoms. The van der Waals surface area contributed by atoms with Gasteiger partial charge in [-0.2, -0.15) is 0 Å². The molecule has 1 aliphatic heterocycles. The summed E-state index contributed by atoms with van der Waals surface area (Å²) in [5, 5.41) is 6.86. The summed E-state index contributed by atoms with van der Waals surface area (Å²) in [6, 6.07) is 0.870. The molecule has 0 aromatic rings. The third kappa shape index (κ3) is 6.62. The highest BCUT2D eigenvalue weighted by Gasteiger charge is 2.37. The number of nitrogens with one attached hydrogen (secondary N) is 2. The van der Waals surface area contributed by atoms with Gasteiger partial charge < -0.3 is 23.9 Å². The molecule has 0 spiro atoms. The molecule has 0 unspecified atom stereocenters. The molecule has 20 heavy (non-hydrogen) atoms. The Morgan fingerprint density at radius 1 is 1.15 bits per heavy atom. The molecule has 0 atom stereocenters. The molecule has 0 bridgehead atoms. The van der Waals surface area contributed by atoms with E-state index in [0.29, 0.717) is 6.61 Å². The first kappa shape index (κ1) is 18.0. The third-order valence-electron chi connectivity index (χ3n) is 3.64. The van der Waals surface area contributed by atoms with Crippen molar-refractivity contribution < 1.29 is 13.3 Å². The standard InChI is InChI=1S/C13H31N3O3Si/c1-4-19-20(17-2,18-3)13-5-6-14-7-10-16-11-8-15-9-12-16/h14-15H,4-13H2,1-3H3. The summed E-state index contributed by atoms with van der Waals surface area (Å²) in [4.78, 5) is 2.49. The van der Waals surface area contributed by atoms with E-state index in [1.54, 1.807) is 14.2 Å². The lowest BCUT2D eigenvalue weighted by Gasteiger charge is -2.27. The summed E-state index contributed by atoms with van der Waals surface area (Å²) in [5.41, 5.74) is 0. The van der Waals surface area contributed by atoms with E-state index < -0.39 is 8.80 Å². The third-order valence-corrected chi connectivity index (χ3v) is 6.58. The van der Waals surface area contributed by atoms with Crippen LogP contribution in [0.4, 0.5) is 0 Å². The van der Waals surface area contributed by atoms with E-state index in [4.69, 9.17) is 13.3 Å². The maximum Gasteiger partial charge on any atom is 0.500 e. The summed E-state index contributed by atoms with van der Waals surface area (Å²) in [7, 11) is 0.973. The molecule has 0 aromatic carbocycles. The van der Waals surface area contributed by atoms with Gasteiger partial charge in [0, 0.05) is 66.1 Å². The Morgan fingerprint density at radius 2 is 1.85 bits per heavy atom. The van der Waals surface area contributed by atoms with Crippen molar-refractivity contribution >= 4 is 8.80 Å². The van der Waals surface area contributed by atoms with E-state index in [1.165, 1.54) is 0 Å². The Morgan fingerprint density at radius 3 is 2.45 bits per heavy atom. The van der Waals surface area contributed by atoms with Crippen molar-refractivity contribution in [3.63, 3.8) is 0 Å². The van der Waals surface area contributed by atoms with Gasteiger partial charge in [0.25, 0.3) is 0 Å². The predicted octanol–water partition coefficient (Wildman–Crippen LogP) is 0.140. The first-order valence-electron chi connectivity index (χ1n) is 7.64. The van der Waals surface area contributed by atoms with Crippen LogP contribution in [0.2, 0.25) is 6.04 Å². The Hall–Kier alpha value is -0.0231. The molecule has 6 nitrogen and oxygen atoms in total. The largest absolute Gasteiger partial charge is 0.500 e. The zero-order valence-corrected chi connectivity index (χ0v) is 14.2. The van der Waals surface area contributed by atoms with Crippen LogP contribution in [0, 0.1) is 0 Å². The van der Waals surface area contributed by atoms with Crippen molar-refractivity contribution in [3.8, 4) is 0 Å². The molecule has 1 saturated heterocycles. The van der Waals surface area contributed by atoms with Crippen molar-refractivity contribution in [3.05, 3.63) is 0 Å². The maximum atomic E-state index is 5.68. The predicted molar refractivity (Wildman–Crippen MR) is 83.0 cm³/mol. The van der Waals surface area contributed by atoms with E-state index in [2.05, 4.69) is 15.5 Å². The lowest BCUT2D eigenvalue weighted by molar-refractivity contribution is 0.103. The van der Waals surface area contributed by atoms with Crippen LogP contribution in [-0.2, 0) is 13.3 Å². The van der Waals surface area contributed by atoms with Gasteiger partial charge in [0.1, 0.15) is 0 Å². The van der Waals surface area contributed by atoms with E-state index >= 15 is 0 Å². The number of rotatable bonds is 11. The quantitative estimate of drug-likeness (QED) is 0.418. The second-order valence-corrected chi connectivity index (χ2v) is 7.94. The SMILES string of the molecule is CCO[Si](CCCNCCN1CCNCC1)(OC)OC. The van der Waals surface area contributed by atoms with Gasteiger partial charge in [-0.3, -0.25) is 4.90 Å². The maximum absolute atomic E-state index is 5.68. The second-order valence-electron chi connectivity index (χ2n) is 4.97. The lowest BCUT2D eigenvalue weighted by Crippen LogP contribution is -2.46. The van der Waals surface area contributed by atoms with Gasteiger partial charge in [0.2, 0.25) is 0 Å². The van der Waals surface area contributed by atoms with Crippen LogP contribution in [0.3, 0.4) is 0 Å². The first-order valence-corrected chi connectivity index (χ1v) is 9.57. The molecule has 2 N–H and O–H groups in total. The Labute approximate surface area is 124 Å². The molecule has 1 aliphatic rings. The molecule has 1 heterocycles. The van der Waals surface area contributed by atoms with E-state index in [0.717, 1.165) is 58.3 Å². The monoisotopic (exact) mass is 305 g/mol. The molecule has 0 aliphatic carbocycles. The van der Waals surface area contributed by atoms with Gasteiger partial charge in [-0.1, -0.05) is 0 Å². The van der Waals surface area contributed by atoms with Gasteiger partial charge in [0.15, 0.2) is 0 Å². The Balaban J connectivity index is 2.05. The average Bonchev–Trinajstić information content (AvgIpc) is 2.50. The first-order chi connectivity index (χ1) is 9.76. The summed E-state index contributed by atoms with van der Waals surface area (Å²) in [6.45, 7) is 10.3. The van der Waals surface area contributed by atoms with E-state index in [1.807, 2.05) is 6.92 Å². The van der Waals surface area contributed by atoms with Gasteiger partial charge in [0.05, 0.1) is 0 Å². The molecule has 0 saturated carbocycles. The molecular formula is C13H31N3O3Si. The molecule has 0 amide bonds. The second kappa shape index (κ2) is 10.7. The van der Waals surface area contributed by atoms with Crippen LogP contribution in [-0.4, -0.2) is 80.3 Å². The van der Waals surface area contributed by atoms with Crippen LogP contribution < -0.4 is 10.6 Å². The Kier molecular flexibility index (Phi) is 9.62.